The molecule has 0 aliphatic heterocycles. The first-order chi connectivity index (χ1) is 13.2. The third-order valence-electron chi connectivity index (χ3n) is 5.52. The average Bonchev–Trinajstić information content (AvgIpc) is 2.72. The van der Waals surface area contributed by atoms with Crippen molar-refractivity contribution < 1.29 is 0 Å². The van der Waals surface area contributed by atoms with Crippen molar-refractivity contribution in [1.82, 2.24) is 0 Å². The summed E-state index contributed by atoms with van der Waals surface area (Å²) in [6.45, 7) is 6.13. The molecule has 1 aliphatic rings. The van der Waals surface area contributed by atoms with Crippen LogP contribution in [0.1, 0.15) is 67.2 Å². The zero-order chi connectivity index (χ0) is 18.9. The first-order valence-electron chi connectivity index (χ1n) is 10.1. The van der Waals surface area contributed by atoms with Crippen LogP contribution >= 0.6 is 0 Å². The van der Waals surface area contributed by atoms with E-state index in [1.807, 2.05) is 12.3 Å². The van der Waals surface area contributed by atoms with E-state index in [0.29, 0.717) is 0 Å². The molecular weight excluding hydrogens is 328 g/mol. The van der Waals surface area contributed by atoms with Crippen LogP contribution in [0.4, 0.5) is 0 Å². The second-order valence-corrected chi connectivity index (χ2v) is 7.68. The molecule has 0 radical (unpaired) electrons. The maximum atomic E-state index is 4.19. The van der Waals surface area contributed by atoms with E-state index in [2.05, 4.69) is 72.2 Å². The van der Waals surface area contributed by atoms with Gasteiger partial charge in [-0.1, -0.05) is 74.4 Å². The molecule has 0 unspecified atom stereocenters. The molecule has 27 heavy (non-hydrogen) atoms. The Labute approximate surface area is 163 Å². The minimum Gasteiger partial charge on any atom is -0.159 e. The third kappa shape index (κ3) is 6.02. The summed E-state index contributed by atoms with van der Waals surface area (Å²) in [7, 11) is 0. The zero-order valence-corrected chi connectivity index (χ0v) is 16.3. The van der Waals surface area contributed by atoms with Crippen molar-refractivity contribution in [2.24, 2.45) is 16.1 Å². The molecule has 0 aromatic heterocycles. The van der Waals surface area contributed by atoms with Crippen molar-refractivity contribution >= 4 is 12.4 Å². The van der Waals surface area contributed by atoms with Crippen LogP contribution in [0.25, 0.3) is 0 Å². The minimum absolute atomic E-state index is 0.736. The summed E-state index contributed by atoms with van der Waals surface area (Å²) < 4.78 is 0. The summed E-state index contributed by atoms with van der Waals surface area (Å²) in [5.41, 5.74) is 4.96. The Morgan fingerprint density at radius 2 is 1.41 bits per heavy atom. The molecule has 1 fully saturated rings. The number of benzene rings is 2. The summed E-state index contributed by atoms with van der Waals surface area (Å²) in [4.78, 5) is 0. The van der Waals surface area contributed by atoms with Gasteiger partial charge in [0.15, 0.2) is 0 Å². The van der Waals surface area contributed by atoms with E-state index in [1.165, 1.54) is 36.8 Å². The number of hydrogen-bond donors (Lipinski definition) is 0. The smallest absolute Gasteiger partial charge is 0.0568 e. The molecule has 0 N–H and O–H groups in total. The van der Waals surface area contributed by atoms with Gasteiger partial charge in [-0.05, 0) is 59.8 Å². The van der Waals surface area contributed by atoms with Crippen molar-refractivity contribution in [3.63, 3.8) is 0 Å². The summed E-state index contributed by atoms with van der Waals surface area (Å²) in [6.07, 6.45) is 13.0. The monoisotopic (exact) mass is 358 g/mol. The number of rotatable bonds is 7. The molecule has 0 spiro atoms. The first-order valence-corrected chi connectivity index (χ1v) is 10.1. The maximum Gasteiger partial charge on any atom is 0.0568 e. The van der Waals surface area contributed by atoms with E-state index in [9.17, 15) is 0 Å². The molecule has 0 heterocycles. The van der Waals surface area contributed by atoms with E-state index in [1.54, 1.807) is 6.21 Å². The van der Waals surface area contributed by atoms with Crippen LogP contribution in [0.3, 0.4) is 0 Å². The van der Waals surface area contributed by atoms with E-state index >= 15 is 0 Å². The van der Waals surface area contributed by atoms with E-state index < -0.39 is 0 Å². The van der Waals surface area contributed by atoms with Gasteiger partial charge in [0.25, 0.3) is 0 Å². The van der Waals surface area contributed by atoms with Gasteiger partial charge >= 0.3 is 0 Å². The van der Waals surface area contributed by atoms with Gasteiger partial charge in [0, 0.05) is 0 Å². The molecule has 2 heteroatoms. The predicted molar refractivity (Wildman–Crippen MR) is 117 cm³/mol. The fraction of sp³-hybridized carbons (Fsp3) is 0.360. The normalized spacial score (nSPS) is 20.3. The fourth-order valence-corrected chi connectivity index (χ4v) is 3.69. The van der Waals surface area contributed by atoms with Crippen molar-refractivity contribution in [1.29, 1.82) is 0 Å². The van der Waals surface area contributed by atoms with Crippen molar-refractivity contribution in [2.75, 3.05) is 0 Å². The lowest BCUT2D eigenvalue weighted by molar-refractivity contribution is 0.348. The van der Waals surface area contributed by atoms with Gasteiger partial charge in [0.05, 0.1) is 12.4 Å². The van der Waals surface area contributed by atoms with Gasteiger partial charge < -0.3 is 0 Å². The molecule has 3 rings (SSSR count). The van der Waals surface area contributed by atoms with Gasteiger partial charge in [-0.25, -0.2) is 0 Å². The SMILES string of the molecule is C=CCCc1ccc(/C=N/N=C/c2ccc(C3CCC(C)CC3)cc2)cc1. The Kier molecular flexibility index (Phi) is 7.15. The van der Waals surface area contributed by atoms with Crippen molar-refractivity contribution in [3.8, 4) is 0 Å². The lowest BCUT2D eigenvalue weighted by atomic mass is 9.79. The van der Waals surface area contributed by atoms with Crippen molar-refractivity contribution in [3.05, 3.63) is 83.4 Å². The Morgan fingerprint density at radius 3 is 1.96 bits per heavy atom. The van der Waals surface area contributed by atoms with Gasteiger partial charge in [0.1, 0.15) is 0 Å². The standard InChI is InChI=1S/C25H30N2/c1-3-4-5-21-8-10-22(11-9-21)18-26-27-19-23-12-16-25(17-13-23)24-14-6-20(2)7-15-24/h3,8-13,16-20,24H,1,4-7,14-15H2,2H3/b26-18+,27-19+. The van der Waals surface area contributed by atoms with Crippen LogP contribution in [0.15, 0.2) is 71.4 Å². The average molecular weight is 359 g/mol. The van der Waals surface area contributed by atoms with Crippen LogP contribution < -0.4 is 0 Å². The van der Waals surface area contributed by atoms with E-state index in [4.69, 9.17) is 0 Å². The van der Waals surface area contributed by atoms with E-state index in [-0.39, 0.29) is 0 Å². The highest BCUT2D eigenvalue weighted by Gasteiger charge is 2.19. The third-order valence-corrected chi connectivity index (χ3v) is 5.52. The van der Waals surface area contributed by atoms with E-state index in [0.717, 1.165) is 35.8 Å². The Bertz CT molecular complexity index is 761. The molecular formula is C25H30N2. The topological polar surface area (TPSA) is 24.7 Å². The highest BCUT2D eigenvalue weighted by Crippen LogP contribution is 2.35. The summed E-state index contributed by atoms with van der Waals surface area (Å²) in [5.74, 6) is 1.63. The van der Waals surface area contributed by atoms with Gasteiger partial charge in [-0.2, -0.15) is 10.2 Å². The molecule has 1 aliphatic carbocycles. The number of allylic oxidation sites excluding steroid dienone is 1. The first kappa shape index (κ1) is 19.3. The summed E-state index contributed by atoms with van der Waals surface area (Å²) in [6, 6.07) is 17.3. The highest BCUT2D eigenvalue weighted by atomic mass is 15.2. The molecule has 2 nitrogen and oxygen atoms in total. The molecule has 140 valence electrons. The van der Waals surface area contributed by atoms with Crippen molar-refractivity contribution in [2.45, 2.75) is 51.4 Å². The van der Waals surface area contributed by atoms with Crippen LogP contribution in [0.5, 0.6) is 0 Å². The number of hydrogen-bond acceptors (Lipinski definition) is 2. The number of nitrogens with zero attached hydrogens (tertiary/aromatic N) is 2. The zero-order valence-electron chi connectivity index (χ0n) is 16.3. The number of aryl methyl sites for hydroxylation is 1. The largest absolute Gasteiger partial charge is 0.159 e. The lowest BCUT2D eigenvalue weighted by Crippen LogP contribution is -2.10. The molecule has 0 atom stereocenters. The molecule has 2 aromatic carbocycles. The van der Waals surface area contributed by atoms with Crippen LogP contribution in [0, 0.1) is 5.92 Å². The molecule has 0 amide bonds. The Hall–Kier alpha value is -2.48. The van der Waals surface area contributed by atoms with Gasteiger partial charge in [-0.15, -0.1) is 6.58 Å². The fourth-order valence-electron chi connectivity index (χ4n) is 3.69. The Morgan fingerprint density at radius 1 is 0.852 bits per heavy atom. The summed E-state index contributed by atoms with van der Waals surface area (Å²) >= 11 is 0. The molecule has 0 saturated heterocycles. The predicted octanol–water partition coefficient (Wildman–Crippen LogP) is 6.55. The second-order valence-electron chi connectivity index (χ2n) is 7.68. The second kappa shape index (κ2) is 10.0. The highest BCUT2D eigenvalue weighted by molar-refractivity contribution is 5.82. The maximum absolute atomic E-state index is 4.19. The molecule has 2 aromatic rings. The van der Waals surface area contributed by atoms with Crippen LogP contribution in [-0.2, 0) is 6.42 Å². The Balaban J connectivity index is 1.51. The molecule has 1 saturated carbocycles. The van der Waals surface area contributed by atoms with Crippen LogP contribution in [0.2, 0.25) is 0 Å². The minimum atomic E-state index is 0.736. The quantitative estimate of drug-likeness (QED) is 0.304. The lowest BCUT2D eigenvalue weighted by Gasteiger charge is -2.26. The summed E-state index contributed by atoms with van der Waals surface area (Å²) in [5, 5.41) is 8.37. The van der Waals surface area contributed by atoms with Crippen LogP contribution in [-0.4, -0.2) is 12.4 Å². The molecule has 0 bridgehead atoms. The van der Waals surface area contributed by atoms with Gasteiger partial charge in [0.2, 0.25) is 0 Å². The van der Waals surface area contributed by atoms with Gasteiger partial charge in [-0.3, -0.25) is 0 Å².